The Balaban J connectivity index is 1.31. The average molecular weight is 727 g/mol. The van der Waals surface area contributed by atoms with Gasteiger partial charge in [0.15, 0.2) is 28.1 Å². The summed E-state index contributed by atoms with van der Waals surface area (Å²) in [5.74, 6) is 1.00. The summed E-state index contributed by atoms with van der Waals surface area (Å²) >= 11 is 5.49. The van der Waals surface area contributed by atoms with Gasteiger partial charge in [-0.1, -0.05) is 24.3 Å². The van der Waals surface area contributed by atoms with Crippen molar-refractivity contribution in [2.75, 3.05) is 32.8 Å². The fraction of sp³-hybridized carbons (Fsp3) is 0.421. The number of likely N-dealkylation sites (N-methyl/N-ethyl adjacent to an activating group) is 1. The number of anilines is 1. The Bertz CT molecular complexity index is 2000. The summed E-state index contributed by atoms with van der Waals surface area (Å²) in [7, 11) is 3.52. The van der Waals surface area contributed by atoms with Crippen LogP contribution in [0.5, 0.6) is 28.7 Å². The number of nitrogens with zero attached hydrogens (tertiary/aromatic N) is 3. The van der Waals surface area contributed by atoms with Gasteiger partial charge in [0.1, 0.15) is 17.8 Å². The van der Waals surface area contributed by atoms with Gasteiger partial charge in [-0.3, -0.25) is 19.4 Å². The molecule has 1 amide bonds. The molecule has 2 bridgehead atoms. The summed E-state index contributed by atoms with van der Waals surface area (Å²) in [6.07, 6.45) is 0.872. The average Bonchev–Trinajstić information content (AvgIpc) is 3.60. The zero-order valence-electron chi connectivity index (χ0n) is 29.9. The van der Waals surface area contributed by atoms with Crippen LogP contribution in [0.3, 0.4) is 0 Å². The van der Waals surface area contributed by atoms with Crippen LogP contribution < -0.4 is 34.9 Å². The molecule has 7 rings (SSSR count). The van der Waals surface area contributed by atoms with Crippen LogP contribution in [-0.4, -0.2) is 83.6 Å². The summed E-state index contributed by atoms with van der Waals surface area (Å²) in [4.78, 5) is 30.6. The lowest BCUT2D eigenvalue weighted by molar-refractivity contribution is -0.132. The van der Waals surface area contributed by atoms with E-state index in [-0.39, 0.29) is 37.1 Å². The van der Waals surface area contributed by atoms with E-state index in [2.05, 4.69) is 31.8 Å². The largest absolute Gasteiger partial charge is 0.504 e. The highest BCUT2D eigenvalue weighted by Crippen LogP contribution is 2.58. The number of carbonyl (C=O) groups excluding carboxylic acids is 2. The van der Waals surface area contributed by atoms with Gasteiger partial charge in [0.25, 0.3) is 0 Å². The molecule has 14 heteroatoms. The number of esters is 1. The standard InChI is InChI=1S/C38H42N6O7S/c1-18-12-22-13-25-27(15-39)44-26(31(43(25)5)29(22)32(46)33(18)48-6)14-24-30(36-35(49-17-50-36)19(2)34(24)51-21(4)45)28(44)16-40-37(47)20(3)41-38(52)42-23-10-8-7-9-11-23/h7-12,20,25-28,31,46H,13-14,16-17H2,1-6H3,(H,40,47)(H2,41,42,52)/t20?,25?,26?,27-,28-,31+/m0/s1. The molecule has 0 aromatic heterocycles. The van der Waals surface area contributed by atoms with E-state index < -0.39 is 30.1 Å². The van der Waals surface area contributed by atoms with Crippen LogP contribution in [-0.2, 0) is 22.4 Å². The van der Waals surface area contributed by atoms with Crippen molar-refractivity contribution in [1.29, 1.82) is 5.26 Å². The van der Waals surface area contributed by atoms with Gasteiger partial charge in [-0.2, -0.15) is 5.26 Å². The molecular formula is C38H42N6O7S. The lowest BCUT2D eigenvalue weighted by atomic mass is 9.71. The van der Waals surface area contributed by atoms with Crippen molar-refractivity contribution in [3.63, 3.8) is 0 Å². The molecule has 52 heavy (non-hydrogen) atoms. The Hall–Kier alpha value is -5.10. The molecule has 4 aliphatic heterocycles. The zero-order chi connectivity index (χ0) is 37.0. The van der Waals surface area contributed by atoms with Gasteiger partial charge in [0.05, 0.1) is 25.3 Å². The lowest BCUT2D eigenvalue weighted by Crippen LogP contribution is -2.69. The summed E-state index contributed by atoms with van der Waals surface area (Å²) in [6.45, 7) is 6.85. The number of aryl methyl sites for hydroxylation is 1. The number of para-hydroxylation sites is 1. The van der Waals surface area contributed by atoms with Crippen LogP contribution in [0.4, 0.5) is 5.69 Å². The summed E-state index contributed by atoms with van der Waals surface area (Å²) in [5, 5.41) is 32.2. The molecule has 0 radical (unpaired) electrons. The van der Waals surface area contributed by atoms with E-state index >= 15 is 0 Å². The molecule has 4 N–H and O–H groups in total. The van der Waals surface area contributed by atoms with Crippen molar-refractivity contribution in [3.8, 4) is 34.8 Å². The smallest absolute Gasteiger partial charge is 0.308 e. The molecule has 4 aliphatic rings. The number of phenolic OH excluding ortho intramolecular Hbond substituents is 1. The minimum absolute atomic E-state index is 0.0302. The Labute approximate surface area is 307 Å². The highest BCUT2D eigenvalue weighted by Gasteiger charge is 2.57. The third-order valence-electron chi connectivity index (χ3n) is 10.8. The monoisotopic (exact) mass is 726 g/mol. The van der Waals surface area contributed by atoms with Crippen molar-refractivity contribution in [1.82, 2.24) is 20.4 Å². The number of benzene rings is 3. The number of piperazine rings is 1. The number of thiocarbonyl (C=S) groups is 1. The molecule has 1 fully saturated rings. The predicted molar refractivity (Wildman–Crippen MR) is 196 cm³/mol. The Kier molecular flexibility index (Phi) is 9.37. The third-order valence-corrected chi connectivity index (χ3v) is 11.0. The van der Waals surface area contributed by atoms with Gasteiger partial charge in [-0.15, -0.1) is 0 Å². The first kappa shape index (κ1) is 35.3. The number of amides is 1. The van der Waals surface area contributed by atoms with Crippen molar-refractivity contribution >= 4 is 34.9 Å². The van der Waals surface area contributed by atoms with Crippen LogP contribution in [0.1, 0.15) is 59.3 Å². The number of hydrogen-bond donors (Lipinski definition) is 4. The first-order chi connectivity index (χ1) is 24.9. The fourth-order valence-corrected chi connectivity index (χ4v) is 8.91. The maximum atomic E-state index is 13.7. The molecule has 1 saturated heterocycles. The second kappa shape index (κ2) is 13.8. The number of nitrogens with one attached hydrogen (secondary N) is 3. The third kappa shape index (κ3) is 5.82. The predicted octanol–water partition coefficient (Wildman–Crippen LogP) is 3.93. The number of aromatic hydroxyl groups is 1. The lowest BCUT2D eigenvalue weighted by Gasteiger charge is -2.60. The molecule has 0 spiro atoms. The highest BCUT2D eigenvalue weighted by molar-refractivity contribution is 7.80. The number of nitriles is 1. The van der Waals surface area contributed by atoms with Crippen LogP contribution in [0.2, 0.25) is 0 Å². The molecule has 3 unspecified atom stereocenters. The number of methoxy groups -OCH3 is 1. The number of carbonyl (C=O) groups is 2. The molecule has 0 aliphatic carbocycles. The van der Waals surface area contributed by atoms with Crippen LogP contribution in [0.25, 0.3) is 0 Å². The second-order valence-electron chi connectivity index (χ2n) is 13.8. The number of ether oxygens (including phenoxy) is 4. The van der Waals surface area contributed by atoms with Gasteiger partial charge in [-0.25, -0.2) is 0 Å². The number of phenols is 1. The quantitative estimate of drug-likeness (QED) is 0.158. The van der Waals surface area contributed by atoms with E-state index in [1.807, 2.05) is 57.3 Å². The van der Waals surface area contributed by atoms with E-state index in [1.54, 1.807) is 6.92 Å². The van der Waals surface area contributed by atoms with E-state index in [1.165, 1.54) is 14.0 Å². The van der Waals surface area contributed by atoms with Gasteiger partial charge < -0.3 is 40.0 Å². The van der Waals surface area contributed by atoms with E-state index in [4.69, 9.17) is 31.2 Å². The topological polar surface area (TPSA) is 158 Å². The zero-order valence-corrected chi connectivity index (χ0v) is 30.7. The van der Waals surface area contributed by atoms with E-state index in [0.717, 1.165) is 27.9 Å². The molecule has 13 nitrogen and oxygen atoms in total. The van der Waals surface area contributed by atoms with Gasteiger partial charge in [0, 0.05) is 53.5 Å². The van der Waals surface area contributed by atoms with Gasteiger partial charge >= 0.3 is 5.97 Å². The normalized spacial score (nSPS) is 23.2. The number of rotatable bonds is 7. The van der Waals surface area contributed by atoms with Crippen molar-refractivity contribution in [2.45, 2.75) is 76.8 Å². The molecular weight excluding hydrogens is 685 g/mol. The van der Waals surface area contributed by atoms with Crippen LogP contribution >= 0.6 is 12.2 Å². The summed E-state index contributed by atoms with van der Waals surface area (Å²) in [5.41, 5.74) is 5.34. The van der Waals surface area contributed by atoms with E-state index in [0.29, 0.717) is 52.1 Å². The molecule has 0 saturated carbocycles. The Morgan fingerprint density at radius 3 is 2.54 bits per heavy atom. The fourth-order valence-electron chi connectivity index (χ4n) is 8.61. The first-order valence-corrected chi connectivity index (χ1v) is 17.7. The summed E-state index contributed by atoms with van der Waals surface area (Å²) in [6, 6.07) is 11.1. The molecule has 3 aromatic carbocycles. The minimum atomic E-state index is -0.708. The maximum Gasteiger partial charge on any atom is 0.308 e. The molecule has 4 heterocycles. The molecule has 6 atom stereocenters. The van der Waals surface area contributed by atoms with Crippen molar-refractivity contribution in [3.05, 3.63) is 69.8 Å². The SMILES string of the molecule is COc1c(C)cc2c(c1O)[C@H]1C3Cc4c(OC(C)=O)c(C)c5c(c4[C@H](CNC(=O)C(C)NC(=S)Nc4ccccc4)N3[C@@H](C#N)C(C2)N1C)OCO5. The van der Waals surface area contributed by atoms with Gasteiger partial charge in [0.2, 0.25) is 12.7 Å². The van der Waals surface area contributed by atoms with Crippen LogP contribution in [0, 0.1) is 25.2 Å². The van der Waals surface area contributed by atoms with Crippen molar-refractivity contribution in [2.24, 2.45) is 0 Å². The van der Waals surface area contributed by atoms with Gasteiger partial charge in [-0.05, 0) is 76.1 Å². The first-order valence-electron chi connectivity index (χ1n) is 17.3. The Morgan fingerprint density at radius 2 is 1.85 bits per heavy atom. The van der Waals surface area contributed by atoms with E-state index in [9.17, 15) is 20.0 Å². The van der Waals surface area contributed by atoms with Crippen LogP contribution in [0.15, 0.2) is 36.4 Å². The van der Waals surface area contributed by atoms with Crippen molar-refractivity contribution < 1.29 is 33.6 Å². The maximum absolute atomic E-state index is 13.7. The minimum Gasteiger partial charge on any atom is -0.504 e. The highest BCUT2D eigenvalue weighted by atomic mass is 32.1. The summed E-state index contributed by atoms with van der Waals surface area (Å²) < 4.78 is 23.6. The molecule has 272 valence electrons. The second-order valence-corrected chi connectivity index (χ2v) is 14.2. The number of fused-ring (bicyclic) bond motifs is 9. The number of hydrogen-bond acceptors (Lipinski definition) is 11. The Morgan fingerprint density at radius 1 is 1.12 bits per heavy atom. The molecule has 3 aromatic rings.